The first-order valence-corrected chi connectivity index (χ1v) is 11.2. The van der Waals surface area contributed by atoms with Crippen LogP contribution < -0.4 is 0 Å². The number of hydrogen-bond acceptors (Lipinski definition) is 0. The molecule has 3 aromatic carbocycles. The summed E-state index contributed by atoms with van der Waals surface area (Å²) in [5.41, 5.74) is 1.94. The molecule has 0 amide bonds. The normalized spacial score (nSPS) is 15.5. The molecule has 1 unspecified atom stereocenters. The minimum Gasteiger partial charge on any atom is -0.206 e. The first-order chi connectivity index (χ1) is 15.8. The predicted octanol–water partition coefficient (Wildman–Crippen LogP) is 8.19. The zero-order valence-corrected chi connectivity index (χ0v) is 18.3. The van der Waals surface area contributed by atoms with Crippen molar-refractivity contribution in [1.82, 2.24) is 0 Å². The Bertz CT molecular complexity index is 1160. The van der Waals surface area contributed by atoms with Crippen LogP contribution in [-0.2, 0) is 19.3 Å². The summed E-state index contributed by atoms with van der Waals surface area (Å²) in [6.07, 6.45) is 4.55. The second-order valence-electron chi connectivity index (χ2n) is 8.69. The van der Waals surface area contributed by atoms with E-state index in [9.17, 15) is 26.3 Å². The van der Waals surface area contributed by atoms with Crippen LogP contribution in [0.25, 0.3) is 11.1 Å². The van der Waals surface area contributed by atoms with Gasteiger partial charge in [-0.15, -0.1) is 0 Å². The lowest BCUT2D eigenvalue weighted by molar-refractivity contribution is 0.447. The molecular weight excluding hydrogens is 438 g/mol. The van der Waals surface area contributed by atoms with E-state index in [4.69, 9.17) is 0 Å². The lowest BCUT2D eigenvalue weighted by atomic mass is 9.78. The number of hydrogen-bond donors (Lipinski definition) is 0. The second-order valence-corrected chi connectivity index (χ2v) is 8.69. The summed E-state index contributed by atoms with van der Waals surface area (Å²) in [6.45, 7) is 2.04. The van der Waals surface area contributed by atoms with Crippen molar-refractivity contribution in [3.63, 3.8) is 0 Å². The van der Waals surface area contributed by atoms with Crippen molar-refractivity contribution in [2.75, 3.05) is 0 Å². The van der Waals surface area contributed by atoms with Crippen molar-refractivity contribution in [1.29, 1.82) is 0 Å². The summed E-state index contributed by atoms with van der Waals surface area (Å²) in [5.74, 6) is -7.05. The van der Waals surface area contributed by atoms with Crippen LogP contribution in [0.4, 0.5) is 26.3 Å². The molecule has 1 aliphatic carbocycles. The molecule has 0 N–H and O–H groups in total. The van der Waals surface area contributed by atoms with Crippen molar-refractivity contribution in [3.05, 3.63) is 93.6 Å². The summed E-state index contributed by atoms with van der Waals surface area (Å²) < 4.78 is 84.8. The van der Waals surface area contributed by atoms with Gasteiger partial charge >= 0.3 is 0 Å². The molecule has 0 radical (unpaired) electrons. The molecule has 0 aliphatic heterocycles. The molecule has 174 valence electrons. The van der Waals surface area contributed by atoms with Crippen molar-refractivity contribution < 1.29 is 26.3 Å². The topological polar surface area (TPSA) is 0 Å². The van der Waals surface area contributed by atoms with Crippen LogP contribution in [0, 0.1) is 34.9 Å². The van der Waals surface area contributed by atoms with Gasteiger partial charge in [-0.05, 0) is 90.1 Å². The molecule has 33 heavy (non-hydrogen) atoms. The van der Waals surface area contributed by atoms with Gasteiger partial charge in [-0.2, -0.15) is 0 Å². The molecule has 0 saturated heterocycles. The summed E-state index contributed by atoms with van der Waals surface area (Å²) in [7, 11) is 0. The van der Waals surface area contributed by atoms with E-state index < -0.39 is 34.9 Å². The van der Waals surface area contributed by atoms with Crippen LogP contribution in [0.3, 0.4) is 0 Å². The van der Waals surface area contributed by atoms with Crippen LogP contribution in [-0.4, -0.2) is 0 Å². The Morgan fingerprint density at radius 1 is 0.758 bits per heavy atom. The van der Waals surface area contributed by atoms with Crippen LogP contribution in [0.1, 0.15) is 60.8 Å². The van der Waals surface area contributed by atoms with Crippen molar-refractivity contribution in [3.8, 4) is 11.1 Å². The number of rotatable bonds is 6. The molecular formula is C27H24F6. The third kappa shape index (κ3) is 4.66. The van der Waals surface area contributed by atoms with E-state index in [0.717, 1.165) is 37.0 Å². The fourth-order valence-electron chi connectivity index (χ4n) is 4.66. The number of unbranched alkanes of at least 4 members (excludes halogenated alkanes) is 2. The summed E-state index contributed by atoms with van der Waals surface area (Å²) in [4.78, 5) is 0. The molecule has 0 bridgehead atoms. The van der Waals surface area contributed by atoms with Gasteiger partial charge in [0.25, 0.3) is 0 Å². The van der Waals surface area contributed by atoms with Crippen molar-refractivity contribution >= 4 is 0 Å². The number of benzene rings is 3. The minimum absolute atomic E-state index is 0.0290. The van der Waals surface area contributed by atoms with Gasteiger partial charge in [0.05, 0.1) is 0 Å². The summed E-state index contributed by atoms with van der Waals surface area (Å²) >= 11 is 0. The molecule has 1 aliphatic rings. The van der Waals surface area contributed by atoms with Crippen molar-refractivity contribution in [2.45, 2.75) is 57.8 Å². The first-order valence-electron chi connectivity index (χ1n) is 11.2. The Morgan fingerprint density at radius 3 is 2.18 bits per heavy atom. The van der Waals surface area contributed by atoms with E-state index in [1.165, 1.54) is 12.1 Å². The molecule has 0 saturated carbocycles. The maximum atomic E-state index is 14.9. The maximum Gasteiger partial charge on any atom is 0.194 e. The lowest BCUT2D eigenvalue weighted by Crippen LogP contribution is -2.16. The molecule has 6 heteroatoms. The van der Waals surface area contributed by atoms with Crippen LogP contribution in [0.5, 0.6) is 0 Å². The zero-order valence-electron chi connectivity index (χ0n) is 18.3. The quantitative estimate of drug-likeness (QED) is 0.197. The molecule has 0 aromatic heterocycles. The van der Waals surface area contributed by atoms with E-state index in [1.807, 2.05) is 6.92 Å². The Hall–Kier alpha value is -2.76. The van der Waals surface area contributed by atoms with E-state index in [0.29, 0.717) is 36.8 Å². The second kappa shape index (κ2) is 9.62. The molecule has 0 spiro atoms. The van der Waals surface area contributed by atoms with Crippen LogP contribution >= 0.6 is 0 Å². The van der Waals surface area contributed by atoms with Gasteiger partial charge in [0.1, 0.15) is 5.82 Å². The van der Waals surface area contributed by atoms with Gasteiger partial charge in [0.2, 0.25) is 0 Å². The van der Waals surface area contributed by atoms with E-state index in [2.05, 4.69) is 0 Å². The molecule has 3 aromatic rings. The van der Waals surface area contributed by atoms with Crippen molar-refractivity contribution in [2.24, 2.45) is 0 Å². The molecule has 0 heterocycles. The number of fused-ring (bicyclic) bond motifs is 1. The monoisotopic (exact) mass is 462 g/mol. The van der Waals surface area contributed by atoms with Gasteiger partial charge in [-0.1, -0.05) is 31.9 Å². The average Bonchev–Trinajstić information content (AvgIpc) is 2.79. The van der Waals surface area contributed by atoms with Crippen LogP contribution in [0.2, 0.25) is 0 Å². The molecule has 4 rings (SSSR count). The number of aryl methyl sites for hydroxylation is 2. The number of halogens is 6. The zero-order chi connectivity index (χ0) is 23.7. The Balaban J connectivity index is 1.60. The molecule has 0 fully saturated rings. The van der Waals surface area contributed by atoms with Gasteiger partial charge in [0.15, 0.2) is 29.1 Å². The largest absolute Gasteiger partial charge is 0.206 e. The lowest BCUT2D eigenvalue weighted by Gasteiger charge is -2.26. The summed E-state index contributed by atoms with van der Waals surface area (Å²) in [5, 5.41) is 0. The highest BCUT2D eigenvalue weighted by Crippen LogP contribution is 2.38. The third-order valence-electron chi connectivity index (χ3n) is 6.49. The van der Waals surface area contributed by atoms with Crippen LogP contribution in [0.15, 0.2) is 36.4 Å². The first kappa shape index (κ1) is 23.4. The highest BCUT2D eigenvalue weighted by molar-refractivity contribution is 5.66. The SMILES string of the molecule is CCCCCc1ccc(C2CCc3cc(-c4cc(F)c(F)c(F)c4)c(F)cc3C2)c(F)c1F. The minimum atomic E-state index is -1.61. The highest BCUT2D eigenvalue weighted by Gasteiger charge is 2.26. The Labute approximate surface area is 189 Å². The van der Waals surface area contributed by atoms with Gasteiger partial charge in [0, 0.05) is 5.56 Å². The Kier molecular flexibility index (Phi) is 6.82. The fourth-order valence-corrected chi connectivity index (χ4v) is 4.66. The van der Waals surface area contributed by atoms with Gasteiger partial charge in [-0.3, -0.25) is 0 Å². The fraction of sp³-hybridized carbons (Fsp3) is 0.333. The maximum absolute atomic E-state index is 14.9. The van der Waals surface area contributed by atoms with Gasteiger partial charge < -0.3 is 0 Å². The average molecular weight is 462 g/mol. The highest BCUT2D eigenvalue weighted by atomic mass is 19.2. The smallest absolute Gasteiger partial charge is 0.194 e. The van der Waals surface area contributed by atoms with E-state index in [1.54, 1.807) is 12.1 Å². The third-order valence-corrected chi connectivity index (χ3v) is 6.49. The predicted molar refractivity (Wildman–Crippen MR) is 116 cm³/mol. The van der Waals surface area contributed by atoms with E-state index >= 15 is 0 Å². The summed E-state index contributed by atoms with van der Waals surface area (Å²) in [6, 6.07) is 7.55. The molecule has 0 nitrogen and oxygen atoms in total. The molecule has 1 atom stereocenters. The standard InChI is InChI=1S/C27H24F6/c1-2-3-4-5-15-8-9-20(26(32)25(15)31)17-7-6-16-11-21(22(28)12-18(16)10-17)19-13-23(29)27(33)24(30)14-19/h8-9,11-14,17H,2-7,10H2,1H3. The van der Waals surface area contributed by atoms with Gasteiger partial charge in [-0.25, -0.2) is 26.3 Å². The Morgan fingerprint density at radius 2 is 1.48 bits per heavy atom. The van der Waals surface area contributed by atoms with E-state index in [-0.39, 0.29) is 22.6 Å².